The Kier molecular flexibility index (Phi) is 5.02. The van der Waals surface area contributed by atoms with E-state index in [9.17, 15) is 0 Å². The van der Waals surface area contributed by atoms with Crippen LogP contribution in [-0.4, -0.2) is 32.7 Å². The van der Waals surface area contributed by atoms with Gasteiger partial charge in [-0.1, -0.05) is 12.1 Å². The number of ether oxygens (including phenoxy) is 2. The molecule has 0 atom stereocenters. The molecule has 4 rings (SSSR count). The zero-order valence-electron chi connectivity index (χ0n) is 16.4. The number of rotatable bonds is 7. The Hall–Kier alpha value is -3.28. The third kappa shape index (κ3) is 3.45. The summed E-state index contributed by atoms with van der Waals surface area (Å²) in [6.07, 6.45) is 6.70. The second-order valence-corrected chi connectivity index (χ2v) is 6.78. The largest absolute Gasteiger partial charge is 0.497 e. The SMILES string of the molecule is COc1cccc(OCCCn2cncc2-c2c(C)nc3c(C)cccn23)c1. The molecule has 0 amide bonds. The number of imidazole rings is 2. The van der Waals surface area contributed by atoms with Gasteiger partial charge in [0.1, 0.15) is 17.1 Å². The highest BCUT2D eigenvalue weighted by atomic mass is 16.5. The van der Waals surface area contributed by atoms with Gasteiger partial charge in [0.25, 0.3) is 0 Å². The molecule has 0 aliphatic rings. The molecule has 0 bridgehead atoms. The maximum absolute atomic E-state index is 5.86. The number of aromatic nitrogens is 4. The van der Waals surface area contributed by atoms with Crippen molar-refractivity contribution in [3.63, 3.8) is 0 Å². The van der Waals surface area contributed by atoms with Gasteiger partial charge in [0.15, 0.2) is 0 Å². The van der Waals surface area contributed by atoms with E-state index in [1.807, 2.05) is 43.7 Å². The summed E-state index contributed by atoms with van der Waals surface area (Å²) in [5, 5.41) is 0. The Bertz CT molecular complexity index is 1100. The molecule has 28 heavy (non-hydrogen) atoms. The van der Waals surface area contributed by atoms with Crippen molar-refractivity contribution in [1.82, 2.24) is 18.9 Å². The topological polar surface area (TPSA) is 53.6 Å². The van der Waals surface area contributed by atoms with Crippen LogP contribution in [0.4, 0.5) is 0 Å². The van der Waals surface area contributed by atoms with Gasteiger partial charge < -0.3 is 14.0 Å². The fourth-order valence-electron chi connectivity index (χ4n) is 3.44. The first kappa shape index (κ1) is 18.1. The molecule has 6 heteroatoms. The third-order valence-corrected chi connectivity index (χ3v) is 4.83. The second kappa shape index (κ2) is 7.76. The molecule has 6 nitrogen and oxygen atoms in total. The minimum absolute atomic E-state index is 0.621. The highest BCUT2D eigenvalue weighted by Gasteiger charge is 2.15. The molecule has 0 saturated carbocycles. The molecule has 0 N–H and O–H groups in total. The number of benzene rings is 1. The average Bonchev–Trinajstić information content (AvgIpc) is 3.29. The van der Waals surface area contributed by atoms with Crippen molar-refractivity contribution in [2.75, 3.05) is 13.7 Å². The fourth-order valence-corrected chi connectivity index (χ4v) is 3.44. The predicted molar refractivity (Wildman–Crippen MR) is 109 cm³/mol. The normalized spacial score (nSPS) is 11.1. The van der Waals surface area contributed by atoms with Gasteiger partial charge in [-0.25, -0.2) is 9.97 Å². The van der Waals surface area contributed by atoms with Crippen LogP contribution in [0.5, 0.6) is 11.5 Å². The van der Waals surface area contributed by atoms with Crippen molar-refractivity contribution in [1.29, 1.82) is 0 Å². The Morgan fingerprint density at radius 2 is 1.93 bits per heavy atom. The van der Waals surface area contributed by atoms with Gasteiger partial charge in [-0.15, -0.1) is 0 Å². The maximum Gasteiger partial charge on any atom is 0.140 e. The number of fused-ring (bicyclic) bond motifs is 1. The second-order valence-electron chi connectivity index (χ2n) is 6.78. The summed E-state index contributed by atoms with van der Waals surface area (Å²) in [7, 11) is 1.66. The quantitative estimate of drug-likeness (QED) is 0.452. The van der Waals surface area contributed by atoms with Crippen LogP contribution in [0.3, 0.4) is 0 Å². The number of hydrogen-bond donors (Lipinski definition) is 0. The van der Waals surface area contributed by atoms with E-state index in [0.29, 0.717) is 6.61 Å². The summed E-state index contributed by atoms with van der Waals surface area (Å²) in [5.74, 6) is 1.62. The van der Waals surface area contributed by atoms with Crippen LogP contribution in [0.1, 0.15) is 17.7 Å². The van der Waals surface area contributed by atoms with Crippen molar-refractivity contribution in [2.45, 2.75) is 26.8 Å². The van der Waals surface area contributed by atoms with Crippen LogP contribution >= 0.6 is 0 Å². The molecule has 4 aromatic rings. The molecular weight excluding hydrogens is 352 g/mol. The minimum Gasteiger partial charge on any atom is -0.497 e. The van der Waals surface area contributed by atoms with E-state index in [-0.39, 0.29) is 0 Å². The highest BCUT2D eigenvalue weighted by molar-refractivity contribution is 5.65. The van der Waals surface area contributed by atoms with Crippen molar-refractivity contribution in [3.8, 4) is 22.9 Å². The molecule has 1 aromatic carbocycles. The van der Waals surface area contributed by atoms with Crippen LogP contribution in [-0.2, 0) is 6.54 Å². The molecule has 3 aromatic heterocycles. The first-order valence-corrected chi connectivity index (χ1v) is 9.39. The van der Waals surface area contributed by atoms with Gasteiger partial charge >= 0.3 is 0 Å². The Morgan fingerprint density at radius 3 is 2.79 bits per heavy atom. The lowest BCUT2D eigenvalue weighted by Crippen LogP contribution is -2.06. The molecule has 0 radical (unpaired) electrons. The summed E-state index contributed by atoms with van der Waals surface area (Å²) < 4.78 is 15.4. The average molecular weight is 376 g/mol. The molecular formula is C22H24N4O2. The van der Waals surface area contributed by atoms with E-state index in [1.54, 1.807) is 7.11 Å². The molecule has 0 spiro atoms. The lowest BCUT2D eigenvalue weighted by Gasteiger charge is -2.11. The van der Waals surface area contributed by atoms with Crippen molar-refractivity contribution in [3.05, 3.63) is 66.4 Å². The van der Waals surface area contributed by atoms with Crippen LogP contribution in [0, 0.1) is 13.8 Å². The van der Waals surface area contributed by atoms with Crippen LogP contribution in [0.25, 0.3) is 17.0 Å². The van der Waals surface area contributed by atoms with Gasteiger partial charge in [-0.05, 0) is 44.0 Å². The van der Waals surface area contributed by atoms with Gasteiger partial charge in [-0.3, -0.25) is 4.40 Å². The molecule has 3 heterocycles. The Balaban J connectivity index is 1.48. The van der Waals surface area contributed by atoms with Gasteiger partial charge in [0.2, 0.25) is 0 Å². The standard InChI is InChI=1S/C22H24N4O2/c1-16-7-5-11-26-21(17(2)24-22(16)26)20-14-23-15-25(20)10-6-12-28-19-9-4-8-18(13-19)27-3/h4-5,7-9,11,13-15H,6,10,12H2,1-3H3. The van der Waals surface area contributed by atoms with Gasteiger partial charge in [0.05, 0.1) is 43.3 Å². The number of aryl methyl sites for hydroxylation is 3. The van der Waals surface area contributed by atoms with Gasteiger partial charge in [-0.2, -0.15) is 0 Å². The Labute approximate surface area is 164 Å². The smallest absolute Gasteiger partial charge is 0.140 e. The maximum atomic E-state index is 5.86. The number of methoxy groups -OCH3 is 1. The summed E-state index contributed by atoms with van der Waals surface area (Å²) in [4.78, 5) is 9.12. The summed E-state index contributed by atoms with van der Waals surface area (Å²) >= 11 is 0. The lowest BCUT2D eigenvalue weighted by molar-refractivity contribution is 0.300. The number of nitrogens with zero attached hydrogens (tertiary/aromatic N) is 4. The number of pyridine rings is 1. The predicted octanol–water partition coefficient (Wildman–Crippen LogP) is 4.29. The number of hydrogen-bond acceptors (Lipinski definition) is 4. The summed E-state index contributed by atoms with van der Waals surface area (Å²) in [6, 6.07) is 11.8. The van der Waals surface area contributed by atoms with Crippen LogP contribution < -0.4 is 9.47 Å². The summed E-state index contributed by atoms with van der Waals surface area (Å²) in [5.41, 5.74) is 5.31. The van der Waals surface area contributed by atoms with E-state index in [4.69, 9.17) is 14.5 Å². The Morgan fingerprint density at radius 1 is 1.07 bits per heavy atom. The molecule has 0 fully saturated rings. The zero-order valence-corrected chi connectivity index (χ0v) is 16.4. The van der Waals surface area contributed by atoms with Crippen LogP contribution in [0.2, 0.25) is 0 Å². The molecule has 0 aliphatic carbocycles. The van der Waals surface area contributed by atoms with Crippen molar-refractivity contribution >= 4 is 5.65 Å². The molecule has 144 valence electrons. The molecule has 0 aliphatic heterocycles. The molecule has 0 unspecified atom stereocenters. The lowest BCUT2D eigenvalue weighted by atomic mass is 10.2. The van der Waals surface area contributed by atoms with E-state index in [0.717, 1.165) is 52.8 Å². The van der Waals surface area contributed by atoms with E-state index in [1.165, 1.54) is 0 Å². The first-order chi connectivity index (χ1) is 13.7. The monoisotopic (exact) mass is 376 g/mol. The van der Waals surface area contributed by atoms with E-state index < -0.39 is 0 Å². The van der Waals surface area contributed by atoms with Crippen molar-refractivity contribution in [2.24, 2.45) is 0 Å². The first-order valence-electron chi connectivity index (χ1n) is 9.39. The van der Waals surface area contributed by atoms with E-state index >= 15 is 0 Å². The molecule has 0 saturated heterocycles. The third-order valence-electron chi connectivity index (χ3n) is 4.83. The van der Waals surface area contributed by atoms with Gasteiger partial charge in [0, 0.05) is 18.8 Å². The fraction of sp³-hybridized carbons (Fsp3) is 0.273. The minimum atomic E-state index is 0.621. The van der Waals surface area contributed by atoms with Crippen LogP contribution in [0.15, 0.2) is 55.1 Å². The highest BCUT2D eigenvalue weighted by Crippen LogP contribution is 2.26. The van der Waals surface area contributed by atoms with Crippen molar-refractivity contribution < 1.29 is 9.47 Å². The van der Waals surface area contributed by atoms with E-state index in [2.05, 4.69) is 39.2 Å². The summed E-state index contributed by atoms with van der Waals surface area (Å²) in [6.45, 7) is 5.57. The zero-order chi connectivity index (χ0) is 19.5.